The lowest BCUT2D eigenvalue weighted by Gasteiger charge is -2.15. The maximum Gasteiger partial charge on any atom is 0.435 e. The molecule has 1 aliphatic heterocycles. The first-order valence-electron chi connectivity index (χ1n) is 8.66. The molecule has 3 rings (SSSR count). The van der Waals surface area contributed by atoms with Crippen LogP contribution in [0.15, 0.2) is 24.3 Å². The molecular formula is C18H20F3N3O4. The number of aromatic nitrogens is 2. The summed E-state index contributed by atoms with van der Waals surface area (Å²) in [5, 5.41) is 6.30. The van der Waals surface area contributed by atoms with Crippen LogP contribution in [-0.2, 0) is 35.3 Å². The van der Waals surface area contributed by atoms with Crippen LogP contribution in [0.25, 0.3) is 0 Å². The van der Waals surface area contributed by atoms with Crippen molar-refractivity contribution < 1.29 is 32.2 Å². The first-order chi connectivity index (χ1) is 13.4. The summed E-state index contributed by atoms with van der Waals surface area (Å²) in [6.07, 6.45) is -4.19. The summed E-state index contributed by atoms with van der Waals surface area (Å²) < 4.78 is 56.4. The Morgan fingerprint density at radius 3 is 2.79 bits per heavy atom. The average molecular weight is 399 g/mol. The summed E-state index contributed by atoms with van der Waals surface area (Å²) in [6.45, 7) is 0.247. The van der Waals surface area contributed by atoms with Gasteiger partial charge in [0, 0.05) is 24.2 Å². The third-order valence-corrected chi connectivity index (χ3v) is 4.24. The molecule has 1 aromatic carbocycles. The second-order valence-corrected chi connectivity index (χ2v) is 6.09. The Labute approximate surface area is 159 Å². The van der Waals surface area contributed by atoms with Crippen molar-refractivity contribution in [3.63, 3.8) is 0 Å². The van der Waals surface area contributed by atoms with E-state index in [-0.39, 0.29) is 31.9 Å². The number of hydrogen-bond donors (Lipinski definition) is 1. The summed E-state index contributed by atoms with van der Waals surface area (Å²) in [4.78, 5) is 12.0. The molecule has 1 aliphatic rings. The van der Waals surface area contributed by atoms with Crippen LogP contribution < -0.4 is 14.8 Å². The molecule has 0 atom stereocenters. The molecule has 2 aromatic rings. The normalized spacial score (nSPS) is 13.7. The number of nitrogens with zero attached hydrogens (tertiary/aromatic N) is 2. The Balaban J connectivity index is 1.55. The molecule has 0 aliphatic carbocycles. The van der Waals surface area contributed by atoms with E-state index in [0.29, 0.717) is 30.2 Å². The number of methoxy groups -OCH3 is 1. The molecule has 1 N–H and O–H groups in total. The van der Waals surface area contributed by atoms with Gasteiger partial charge in [0.2, 0.25) is 0 Å². The number of halogens is 3. The quantitative estimate of drug-likeness (QED) is 0.773. The zero-order valence-electron chi connectivity index (χ0n) is 15.2. The lowest BCUT2D eigenvalue weighted by molar-refractivity contribution is -0.142. The number of carbonyl (C=O) groups is 1. The number of rotatable bonds is 7. The standard InChI is InChI=1S/C18H20F3N3O4/c1-26-14-4-2-3-5-15(14)28-11-16(25)22-7-8-24-13-6-9-27-10-12(13)17(23-24)18(19,20)21/h2-5H,6-11H2,1H3,(H,22,25). The van der Waals surface area contributed by atoms with Gasteiger partial charge in [-0.1, -0.05) is 12.1 Å². The zero-order chi connectivity index (χ0) is 20.1. The molecule has 0 spiro atoms. The third kappa shape index (κ3) is 4.56. The Hall–Kier alpha value is -2.75. The first kappa shape index (κ1) is 20.0. The number of ether oxygens (including phenoxy) is 3. The highest BCUT2D eigenvalue weighted by atomic mass is 19.4. The predicted molar refractivity (Wildman–Crippen MR) is 92.1 cm³/mol. The number of carbonyl (C=O) groups excluding carboxylic acids is 1. The van der Waals surface area contributed by atoms with Gasteiger partial charge in [-0.2, -0.15) is 18.3 Å². The first-order valence-corrected chi connectivity index (χ1v) is 8.66. The molecule has 0 fully saturated rings. The minimum absolute atomic E-state index is 0.0737. The molecule has 1 aromatic heterocycles. The van der Waals surface area contributed by atoms with Gasteiger partial charge in [-0.25, -0.2) is 0 Å². The molecule has 28 heavy (non-hydrogen) atoms. The van der Waals surface area contributed by atoms with E-state index in [4.69, 9.17) is 14.2 Å². The van der Waals surface area contributed by atoms with Crippen LogP contribution in [0.2, 0.25) is 0 Å². The number of alkyl halides is 3. The number of para-hydroxylation sites is 2. The van der Waals surface area contributed by atoms with Crippen LogP contribution in [0.1, 0.15) is 17.0 Å². The fourth-order valence-electron chi connectivity index (χ4n) is 2.95. The summed E-state index contributed by atoms with van der Waals surface area (Å²) in [5.41, 5.74) is -0.351. The van der Waals surface area contributed by atoms with Gasteiger partial charge >= 0.3 is 6.18 Å². The van der Waals surface area contributed by atoms with Gasteiger partial charge in [0.25, 0.3) is 5.91 Å². The molecule has 0 saturated heterocycles. The van der Waals surface area contributed by atoms with Crippen LogP contribution in [0.5, 0.6) is 11.5 Å². The van der Waals surface area contributed by atoms with E-state index in [0.717, 1.165) is 0 Å². The van der Waals surface area contributed by atoms with Gasteiger partial charge in [0.15, 0.2) is 23.8 Å². The molecule has 10 heteroatoms. The molecule has 7 nitrogen and oxygen atoms in total. The monoisotopic (exact) mass is 399 g/mol. The molecule has 0 saturated carbocycles. The van der Waals surface area contributed by atoms with E-state index in [9.17, 15) is 18.0 Å². The molecule has 0 bridgehead atoms. The van der Waals surface area contributed by atoms with E-state index in [1.54, 1.807) is 24.3 Å². The van der Waals surface area contributed by atoms with Crippen LogP contribution in [0.3, 0.4) is 0 Å². The van der Waals surface area contributed by atoms with Crippen molar-refractivity contribution >= 4 is 5.91 Å². The maximum absolute atomic E-state index is 13.1. The van der Waals surface area contributed by atoms with Gasteiger partial charge in [0.1, 0.15) is 0 Å². The Kier molecular flexibility index (Phi) is 6.08. The Bertz CT molecular complexity index is 836. The molecular weight excluding hydrogens is 379 g/mol. The van der Waals surface area contributed by atoms with Gasteiger partial charge < -0.3 is 19.5 Å². The average Bonchev–Trinajstić information content (AvgIpc) is 3.06. The molecule has 1 amide bonds. The summed E-state index contributed by atoms with van der Waals surface area (Å²) in [6, 6.07) is 6.90. The second kappa shape index (κ2) is 8.51. The van der Waals surface area contributed by atoms with Crippen molar-refractivity contribution in [2.75, 3.05) is 26.9 Å². The van der Waals surface area contributed by atoms with E-state index < -0.39 is 17.8 Å². The molecule has 2 heterocycles. The molecule has 0 unspecified atom stereocenters. The van der Waals surface area contributed by atoms with Crippen LogP contribution in [-0.4, -0.2) is 42.6 Å². The van der Waals surface area contributed by atoms with Crippen molar-refractivity contribution in [1.82, 2.24) is 15.1 Å². The van der Waals surface area contributed by atoms with Gasteiger partial charge in [-0.3, -0.25) is 9.48 Å². The lowest BCUT2D eigenvalue weighted by atomic mass is 10.1. The summed E-state index contributed by atoms with van der Waals surface area (Å²) >= 11 is 0. The van der Waals surface area contributed by atoms with Crippen molar-refractivity contribution in [2.24, 2.45) is 0 Å². The maximum atomic E-state index is 13.1. The highest BCUT2D eigenvalue weighted by Crippen LogP contribution is 2.34. The van der Waals surface area contributed by atoms with E-state index in [1.165, 1.54) is 11.8 Å². The minimum Gasteiger partial charge on any atom is -0.493 e. The fourth-order valence-corrected chi connectivity index (χ4v) is 2.95. The number of amides is 1. The highest BCUT2D eigenvalue weighted by molar-refractivity contribution is 5.77. The van der Waals surface area contributed by atoms with Gasteiger partial charge in [0.05, 0.1) is 26.9 Å². The smallest absolute Gasteiger partial charge is 0.435 e. The lowest BCUT2D eigenvalue weighted by Crippen LogP contribution is -2.32. The van der Waals surface area contributed by atoms with Crippen molar-refractivity contribution in [3.05, 3.63) is 41.2 Å². The van der Waals surface area contributed by atoms with E-state index in [1.807, 2.05) is 0 Å². The second-order valence-electron chi connectivity index (χ2n) is 6.09. The van der Waals surface area contributed by atoms with Crippen LogP contribution in [0.4, 0.5) is 13.2 Å². The number of benzene rings is 1. The Morgan fingerprint density at radius 2 is 2.07 bits per heavy atom. The molecule has 0 radical (unpaired) electrons. The molecule has 152 valence electrons. The SMILES string of the molecule is COc1ccccc1OCC(=O)NCCn1nc(C(F)(F)F)c2c1CCOC2. The Morgan fingerprint density at radius 1 is 1.32 bits per heavy atom. The highest BCUT2D eigenvalue weighted by Gasteiger charge is 2.39. The van der Waals surface area contributed by atoms with Crippen molar-refractivity contribution in [3.8, 4) is 11.5 Å². The number of nitrogens with one attached hydrogen (secondary N) is 1. The number of fused-ring (bicyclic) bond motifs is 1. The van der Waals surface area contributed by atoms with Gasteiger partial charge in [-0.15, -0.1) is 0 Å². The van der Waals surface area contributed by atoms with E-state index in [2.05, 4.69) is 10.4 Å². The number of hydrogen-bond acceptors (Lipinski definition) is 5. The zero-order valence-corrected chi connectivity index (χ0v) is 15.2. The topological polar surface area (TPSA) is 74.6 Å². The third-order valence-electron chi connectivity index (χ3n) is 4.24. The van der Waals surface area contributed by atoms with Crippen LogP contribution in [0, 0.1) is 0 Å². The summed E-state index contributed by atoms with van der Waals surface area (Å²) in [5.74, 6) is 0.530. The summed E-state index contributed by atoms with van der Waals surface area (Å²) in [7, 11) is 1.49. The van der Waals surface area contributed by atoms with Crippen molar-refractivity contribution in [2.45, 2.75) is 25.7 Å². The van der Waals surface area contributed by atoms with Gasteiger partial charge in [-0.05, 0) is 12.1 Å². The minimum atomic E-state index is -4.54. The fraction of sp³-hybridized carbons (Fsp3) is 0.444. The van der Waals surface area contributed by atoms with Crippen molar-refractivity contribution in [1.29, 1.82) is 0 Å². The van der Waals surface area contributed by atoms with Crippen LogP contribution >= 0.6 is 0 Å². The predicted octanol–water partition coefficient (Wildman–Crippen LogP) is 2.18. The largest absolute Gasteiger partial charge is 0.493 e. The van der Waals surface area contributed by atoms with E-state index >= 15 is 0 Å².